The zero-order chi connectivity index (χ0) is 16.2. The minimum absolute atomic E-state index is 0.0419. The molecule has 3 rings (SSSR count). The van der Waals surface area contributed by atoms with Gasteiger partial charge >= 0.3 is 0 Å². The van der Waals surface area contributed by atoms with Crippen LogP contribution in [0.25, 0.3) is 0 Å². The normalized spacial score (nSPS) is 17.4. The van der Waals surface area contributed by atoms with Crippen LogP contribution >= 0.6 is 23.4 Å². The molecule has 2 heterocycles. The number of thioether (sulfide) groups is 1. The van der Waals surface area contributed by atoms with Gasteiger partial charge in [0, 0.05) is 12.4 Å². The first-order valence-corrected chi connectivity index (χ1v) is 7.98. The average Bonchev–Trinajstić information content (AvgIpc) is 2.57. The fourth-order valence-corrected chi connectivity index (χ4v) is 3.37. The number of amides is 1. The summed E-state index contributed by atoms with van der Waals surface area (Å²) in [5.74, 6) is -0.414. The van der Waals surface area contributed by atoms with E-state index in [-0.39, 0.29) is 10.9 Å². The highest BCUT2D eigenvalue weighted by Gasteiger charge is 2.29. The maximum Gasteiger partial charge on any atom is 0.265 e. The zero-order valence-corrected chi connectivity index (χ0v) is 13.4. The summed E-state index contributed by atoms with van der Waals surface area (Å²) in [6.07, 6.45) is 3.32. The van der Waals surface area contributed by atoms with Gasteiger partial charge in [-0.05, 0) is 29.8 Å². The summed E-state index contributed by atoms with van der Waals surface area (Å²) < 4.78 is 0. The molecule has 23 heavy (non-hydrogen) atoms. The third-order valence-corrected chi connectivity index (χ3v) is 4.69. The van der Waals surface area contributed by atoms with Crippen molar-refractivity contribution >= 4 is 35.0 Å². The van der Waals surface area contributed by atoms with Crippen LogP contribution in [0, 0.1) is 11.3 Å². The van der Waals surface area contributed by atoms with Crippen molar-refractivity contribution in [1.29, 1.82) is 5.26 Å². The van der Waals surface area contributed by atoms with E-state index in [4.69, 9.17) is 11.6 Å². The van der Waals surface area contributed by atoms with Crippen molar-refractivity contribution in [2.75, 3.05) is 5.32 Å². The van der Waals surface area contributed by atoms with Crippen LogP contribution in [0.1, 0.15) is 10.9 Å². The first-order valence-electron chi connectivity index (χ1n) is 6.72. The lowest BCUT2D eigenvalue weighted by Gasteiger charge is -2.26. The van der Waals surface area contributed by atoms with Crippen molar-refractivity contribution in [1.82, 2.24) is 10.3 Å². The van der Waals surface area contributed by atoms with Gasteiger partial charge in [-0.1, -0.05) is 35.5 Å². The number of carbonyl (C=O) groups is 1. The monoisotopic (exact) mass is 342 g/mol. The van der Waals surface area contributed by atoms with Crippen LogP contribution in [-0.4, -0.2) is 10.9 Å². The quantitative estimate of drug-likeness (QED) is 0.893. The Labute approximate surface area is 142 Å². The number of anilines is 1. The number of benzene rings is 1. The van der Waals surface area contributed by atoms with Crippen molar-refractivity contribution in [3.63, 3.8) is 0 Å². The topological polar surface area (TPSA) is 77.8 Å². The third kappa shape index (κ3) is 3.31. The van der Waals surface area contributed by atoms with E-state index in [1.54, 1.807) is 24.5 Å². The summed E-state index contributed by atoms with van der Waals surface area (Å²) in [5.41, 5.74) is 1.58. The molecule has 0 saturated carbocycles. The zero-order valence-electron chi connectivity index (χ0n) is 11.8. The van der Waals surface area contributed by atoms with E-state index >= 15 is 0 Å². The van der Waals surface area contributed by atoms with Gasteiger partial charge in [0.2, 0.25) is 0 Å². The summed E-state index contributed by atoms with van der Waals surface area (Å²) in [6.45, 7) is 0. The number of nitrogens with zero attached hydrogens (tertiary/aromatic N) is 2. The first kappa shape index (κ1) is 15.4. The molecule has 1 aromatic heterocycles. The Balaban J connectivity index is 1.93. The summed E-state index contributed by atoms with van der Waals surface area (Å²) in [5, 5.41) is 15.9. The van der Waals surface area contributed by atoms with Crippen LogP contribution in [0.3, 0.4) is 0 Å². The number of para-hydroxylation sites is 1. The minimum atomic E-state index is -0.414. The molecule has 1 aromatic carbocycles. The van der Waals surface area contributed by atoms with Crippen molar-refractivity contribution in [3.8, 4) is 6.07 Å². The van der Waals surface area contributed by atoms with E-state index in [2.05, 4.69) is 15.6 Å². The molecule has 114 valence electrons. The van der Waals surface area contributed by atoms with Gasteiger partial charge in [0.05, 0.1) is 15.7 Å². The molecule has 1 amide bonds. The maximum atomic E-state index is 12.2. The second-order valence-corrected chi connectivity index (χ2v) is 6.20. The van der Waals surface area contributed by atoms with Gasteiger partial charge in [0.25, 0.3) is 5.91 Å². The molecule has 1 atom stereocenters. The predicted molar refractivity (Wildman–Crippen MR) is 90.4 cm³/mol. The fourth-order valence-electron chi connectivity index (χ4n) is 2.07. The predicted octanol–water partition coefficient (Wildman–Crippen LogP) is 3.44. The molecule has 0 bridgehead atoms. The molecule has 0 saturated heterocycles. The van der Waals surface area contributed by atoms with Gasteiger partial charge in [-0.2, -0.15) is 5.26 Å². The molecule has 2 N–H and O–H groups in total. The van der Waals surface area contributed by atoms with Crippen LogP contribution in [0.2, 0.25) is 5.02 Å². The van der Waals surface area contributed by atoms with Crippen LogP contribution in [0.15, 0.2) is 59.4 Å². The Morgan fingerprint density at radius 2 is 2.00 bits per heavy atom. The molecular formula is C16H11ClN4OS. The summed E-state index contributed by atoms with van der Waals surface area (Å²) in [4.78, 5) is 16.2. The second-order valence-electron chi connectivity index (χ2n) is 4.67. The number of pyridine rings is 1. The highest BCUT2D eigenvalue weighted by Crippen LogP contribution is 2.38. The highest BCUT2D eigenvalue weighted by atomic mass is 35.5. The van der Waals surface area contributed by atoms with Crippen molar-refractivity contribution < 1.29 is 4.79 Å². The number of aromatic nitrogens is 1. The van der Waals surface area contributed by atoms with E-state index in [1.165, 1.54) is 11.8 Å². The number of nitriles is 1. The van der Waals surface area contributed by atoms with Crippen molar-refractivity contribution in [2.24, 2.45) is 0 Å². The number of hydrogen-bond acceptors (Lipinski definition) is 5. The average molecular weight is 343 g/mol. The lowest BCUT2D eigenvalue weighted by atomic mass is 10.2. The summed E-state index contributed by atoms with van der Waals surface area (Å²) in [6, 6.07) is 12.8. The van der Waals surface area contributed by atoms with Gasteiger partial charge in [0.1, 0.15) is 17.0 Å². The van der Waals surface area contributed by atoms with Crippen LogP contribution in [0.4, 0.5) is 5.69 Å². The lowest BCUT2D eigenvalue weighted by molar-refractivity contribution is -0.117. The maximum absolute atomic E-state index is 12.2. The Bertz CT molecular complexity index is 816. The van der Waals surface area contributed by atoms with E-state index in [0.29, 0.717) is 15.7 Å². The number of rotatable bonds is 3. The molecule has 1 aliphatic rings. The fraction of sp³-hybridized carbons (Fsp3) is 0.0625. The molecule has 0 fully saturated rings. The van der Waals surface area contributed by atoms with Crippen LogP contribution < -0.4 is 10.6 Å². The molecule has 2 aromatic rings. The van der Waals surface area contributed by atoms with Gasteiger partial charge in [-0.25, -0.2) is 0 Å². The van der Waals surface area contributed by atoms with Gasteiger partial charge in [0.15, 0.2) is 0 Å². The number of halogens is 1. The standard InChI is InChI=1S/C16H11ClN4OS/c17-12-3-1-2-4-13(12)20-16-11(9-18)14(22)21-15(23-16)10-5-7-19-8-6-10/h1-8,15,20H,(H,21,22)/t15-/m0/s1. The van der Waals surface area contributed by atoms with E-state index in [9.17, 15) is 10.1 Å². The molecule has 0 radical (unpaired) electrons. The summed E-state index contributed by atoms with van der Waals surface area (Å²) in [7, 11) is 0. The molecule has 1 aliphatic heterocycles. The Morgan fingerprint density at radius 1 is 1.26 bits per heavy atom. The Hall–Kier alpha value is -2.49. The summed E-state index contributed by atoms with van der Waals surface area (Å²) >= 11 is 7.49. The van der Waals surface area contributed by atoms with Gasteiger partial charge in [-0.15, -0.1) is 0 Å². The molecule has 7 heteroatoms. The SMILES string of the molecule is N#CC1=C(Nc2ccccc2Cl)S[C@@H](c2ccncc2)NC1=O. The van der Waals surface area contributed by atoms with Gasteiger partial charge in [-0.3, -0.25) is 9.78 Å². The smallest absolute Gasteiger partial charge is 0.265 e. The van der Waals surface area contributed by atoms with E-state index in [0.717, 1.165) is 5.56 Å². The minimum Gasteiger partial charge on any atom is -0.348 e. The molecule has 0 spiro atoms. The molecule has 5 nitrogen and oxygen atoms in total. The molecule has 0 aliphatic carbocycles. The third-order valence-electron chi connectivity index (χ3n) is 3.19. The number of carbonyl (C=O) groups excluding carboxylic acids is 1. The van der Waals surface area contributed by atoms with Crippen LogP contribution in [0.5, 0.6) is 0 Å². The van der Waals surface area contributed by atoms with Crippen molar-refractivity contribution in [2.45, 2.75) is 5.37 Å². The Kier molecular flexibility index (Phi) is 4.51. The van der Waals surface area contributed by atoms with Gasteiger partial charge < -0.3 is 10.6 Å². The Morgan fingerprint density at radius 3 is 2.70 bits per heavy atom. The lowest BCUT2D eigenvalue weighted by Crippen LogP contribution is -2.33. The van der Waals surface area contributed by atoms with Crippen molar-refractivity contribution in [3.05, 3.63) is 70.0 Å². The second kappa shape index (κ2) is 6.73. The highest BCUT2D eigenvalue weighted by molar-refractivity contribution is 8.03. The largest absolute Gasteiger partial charge is 0.348 e. The van der Waals surface area contributed by atoms with E-state index in [1.807, 2.05) is 30.3 Å². The molecular weight excluding hydrogens is 332 g/mol. The first-order chi connectivity index (χ1) is 11.2. The molecule has 0 unspecified atom stereocenters. The number of hydrogen-bond donors (Lipinski definition) is 2. The van der Waals surface area contributed by atoms with E-state index < -0.39 is 5.91 Å². The van der Waals surface area contributed by atoms with Crippen LogP contribution in [-0.2, 0) is 4.79 Å². The number of nitrogens with one attached hydrogen (secondary N) is 2.